The van der Waals surface area contributed by atoms with Crippen molar-refractivity contribution in [1.82, 2.24) is 9.97 Å². The van der Waals surface area contributed by atoms with E-state index in [0.717, 1.165) is 24.3 Å². The molecule has 0 saturated carbocycles. The first-order valence-electron chi connectivity index (χ1n) is 7.08. The number of hydrogen-bond donors (Lipinski definition) is 2. The van der Waals surface area contributed by atoms with Crippen molar-refractivity contribution < 1.29 is 5.32 Å². The second-order valence-corrected chi connectivity index (χ2v) is 4.86. The van der Waals surface area contributed by atoms with E-state index in [1.165, 1.54) is 12.8 Å². The Hall–Kier alpha value is -1.68. The van der Waals surface area contributed by atoms with Crippen molar-refractivity contribution in [3.8, 4) is 0 Å². The largest absolute Gasteiger partial charge is 0.338 e. The first-order valence-corrected chi connectivity index (χ1v) is 7.08. The molecule has 19 heavy (non-hydrogen) atoms. The number of aromatic nitrogens is 2. The molecule has 3 N–H and O–H groups in total. The summed E-state index contributed by atoms with van der Waals surface area (Å²) in [6.07, 6.45) is 3.34. The summed E-state index contributed by atoms with van der Waals surface area (Å²) in [7, 11) is 0. The Kier molecular flexibility index (Phi) is 4.68. The minimum atomic E-state index is -0.0389. The lowest BCUT2D eigenvalue weighted by molar-refractivity contribution is -0.697. The molecular formula is C15H22N3O+. The summed E-state index contributed by atoms with van der Waals surface area (Å²) in [5.74, 6) is 0.794. The summed E-state index contributed by atoms with van der Waals surface area (Å²) >= 11 is 0. The van der Waals surface area contributed by atoms with Gasteiger partial charge in [-0.25, -0.2) is 4.98 Å². The van der Waals surface area contributed by atoms with Gasteiger partial charge in [0.2, 0.25) is 0 Å². The lowest BCUT2D eigenvalue weighted by atomic mass is 10.2. The lowest BCUT2D eigenvalue weighted by Gasteiger charge is -2.13. The molecule has 4 heteroatoms. The fourth-order valence-electron chi connectivity index (χ4n) is 2.27. The number of rotatable bonds is 6. The first-order chi connectivity index (χ1) is 9.26. The predicted molar refractivity (Wildman–Crippen MR) is 77.1 cm³/mol. The average molecular weight is 260 g/mol. The first kappa shape index (κ1) is 13.7. The van der Waals surface area contributed by atoms with Crippen molar-refractivity contribution in [1.29, 1.82) is 0 Å². The Morgan fingerprint density at radius 1 is 1.32 bits per heavy atom. The van der Waals surface area contributed by atoms with E-state index in [9.17, 15) is 4.79 Å². The monoisotopic (exact) mass is 260 g/mol. The molecule has 0 radical (unpaired) electrons. The van der Waals surface area contributed by atoms with Gasteiger partial charge in [-0.3, -0.25) is 4.79 Å². The highest BCUT2D eigenvalue weighted by atomic mass is 16.1. The number of fused-ring (bicyclic) bond motifs is 1. The fourth-order valence-corrected chi connectivity index (χ4v) is 2.27. The molecule has 0 fully saturated rings. The van der Waals surface area contributed by atoms with Crippen LogP contribution in [0.3, 0.4) is 0 Å². The number of nitrogens with zero attached hydrogens (tertiary/aromatic N) is 1. The van der Waals surface area contributed by atoms with Crippen molar-refractivity contribution >= 4 is 10.9 Å². The van der Waals surface area contributed by atoms with Gasteiger partial charge in [0.05, 0.1) is 17.4 Å². The van der Waals surface area contributed by atoms with Crippen LogP contribution in [0.2, 0.25) is 0 Å². The minimum absolute atomic E-state index is 0.0389. The number of unbranched alkanes of at least 4 members (excludes halogenated alkanes) is 1. The van der Waals surface area contributed by atoms with Crippen LogP contribution in [-0.2, 0) is 0 Å². The van der Waals surface area contributed by atoms with E-state index in [4.69, 9.17) is 0 Å². The van der Waals surface area contributed by atoms with E-state index in [-0.39, 0.29) is 11.6 Å². The molecule has 1 heterocycles. The zero-order valence-corrected chi connectivity index (χ0v) is 11.6. The SMILES string of the molecule is CCCC[NH2+][C@H](CC)c1nc2ccccc2c(=O)[nH]1. The third kappa shape index (κ3) is 3.20. The Morgan fingerprint density at radius 2 is 2.11 bits per heavy atom. The Morgan fingerprint density at radius 3 is 2.84 bits per heavy atom. The molecule has 0 bridgehead atoms. The van der Waals surface area contributed by atoms with Gasteiger partial charge in [0.25, 0.3) is 5.56 Å². The zero-order chi connectivity index (χ0) is 13.7. The van der Waals surface area contributed by atoms with E-state index in [1.807, 2.05) is 24.3 Å². The maximum absolute atomic E-state index is 12.0. The van der Waals surface area contributed by atoms with Crippen molar-refractivity contribution in [2.24, 2.45) is 0 Å². The maximum atomic E-state index is 12.0. The van der Waals surface area contributed by atoms with Gasteiger partial charge in [0, 0.05) is 6.42 Å². The standard InChI is InChI=1S/C15H21N3O/c1-3-5-10-16-12(4-2)14-17-13-9-7-6-8-11(13)15(19)18-14/h6-9,12,16H,3-5,10H2,1-2H3,(H,17,18,19)/p+1/t12-/m1/s1. The van der Waals surface area contributed by atoms with Gasteiger partial charge >= 0.3 is 0 Å². The molecule has 1 atom stereocenters. The van der Waals surface area contributed by atoms with Crippen LogP contribution in [0.1, 0.15) is 45.0 Å². The van der Waals surface area contributed by atoms with Crippen LogP contribution in [0.5, 0.6) is 0 Å². The number of H-pyrrole nitrogens is 1. The number of nitrogens with one attached hydrogen (secondary N) is 1. The second kappa shape index (κ2) is 6.48. The van der Waals surface area contributed by atoms with Crippen molar-refractivity contribution in [2.75, 3.05) is 6.54 Å². The molecule has 0 amide bonds. The van der Waals surface area contributed by atoms with E-state index < -0.39 is 0 Å². The molecule has 1 aromatic carbocycles. The molecule has 0 spiro atoms. The summed E-state index contributed by atoms with van der Waals surface area (Å²) in [6.45, 7) is 5.39. The number of quaternary nitrogens is 1. The number of para-hydroxylation sites is 1. The second-order valence-electron chi connectivity index (χ2n) is 4.86. The van der Waals surface area contributed by atoms with E-state index in [0.29, 0.717) is 5.39 Å². The van der Waals surface area contributed by atoms with Gasteiger partial charge in [-0.05, 0) is 18.6 Å². The molecule has 0 aliphatic heterocycles. The predicted octanol–water partition coefficient (Wildman–Crippen LogP) is 1.74. The number of aromatic amines is 1. The van der Waals surface area contributed by atoms with Crippen LogP contribution in [0.15, 0.2) is 29.1 Å². The molecule has 0 aliphatic rings. The zero-order valence-electron chi connectivity index (χ0n) is 11.6. The van der Waals surface area contributed by atoms with Gasteiger partial charge in [-0.15, -0.1) is 0 Å². The fraction of sp³-hybridized carbons (Fsp3) is 0.467. The van der Waals surface area contributed by atoms with Gasteiger partial charge < -0.3 is 10.3 Å². The molecule has 0 unspecified atom stereocenters. The van der Waals surface area contributed by atoms with Crippen LogP contribution >= 0.6 is 0 Å². The Labute approximate surface area is 113 Å². The van der Waals surface area contributed by atoms with Crippen molar-refractivity contribution in [3.05, 3.63) is 40.4 Å². The summed E-state index contributed by atoms with van der Waals surface area (Å²) in [6, 6.07) is 7.73. The Bertz CT molecular complexity index is 591. The molecule has 0 aliphatic carbocycles. The van der Waals surface area contributed by atoms with Gasteiger partial charge in [-0.2, -0.15) is 0 Å². The molecule has 102 valence electrons. The van der Waals surface area contributed by atoms with Gasteiger partial charge in [0.1, 0.15) is 6.04 Å². The van der Waals surface area contributed by atoms with E-state index in [2.05, 4.69) is 29.1 Å². The molecule has 2 rings (SSSR count). The van der Waals surface area contributed by atoms with Gasteiger partial charge in [0.15, 0.2) is 5.82 Å². The minimum Gasteiger partial charge on any atom is -0.338 e. The summed E-state index contributed by atoms with van der Waals surface area (Å²) < 4.78 is 0. The molecule has 1 aromatic heterocycles. The van der Waals surface area contributed by atoms with Crippen LogP contribution in [0, 0.1) is 0 Å². The highest BCUT2D eigenvalue weighted by Gasteiger charge is 2.16. The summed E-state index contributed by atoms with van der Waals surface area (Å²) in [4.78, 5) is 19.6. The highest BCUT2D eigenvalue weighted by molar-refractivity contribution is 5.77. The number of nitrogens with two attached hydrogens (primary N) is 1. The summed E-state index contributed by atoms with van der Waals surface area (Å²) in [5, 5.41) is 2.94. The van der Waals surface area contributed by atoms with Crippen LogP contribution < -0.4 is 10.9 Å². The normalized spacial score (nSPS) is 12.7. The molecule has 0 saturated heterocycles. The summed E-state index contributed by atoms with van der Waals surface area (Å²) in [5.41, 5.74) is 0.742. The van der Waals surface area contributed by atoms with Gasteiger partial charge in [-0.1, -0.05) is 32.4 Å². The van der Waals surface area contributed by atoms with Crippen LogP contribution in [-0.4, -0.2) is 16.5 Å². The van der Waals surface area contributed by atoms with E-state index in [1.54, 1.807) is 0 Å². The molecular weight excluding hydrogens is 238 g/mol. The van der Waals surface area contributed by atoms with Crippen molar-refractivity contribution in [3.63, 3.8) is 0 Å². The lowest BCUT2D eigenvalue weighted by Crippen LogP contribution is -2.85. The highest BCUT2D eigenvalue weighted by Crippen LogP contribution is 2.10. The third-order valence-electron chi connectivity index (χ3n) is 3.43. The average Bonchev–Trinajstić information content (AvgIpc) is 2.44. The van der Waals surface area contributed by atoms with Crippen LogP contribution in [0.4, 0.5) is 0 Å². The van der Waals surface area contributed by atoms with Crippen molar-refractivity contribution in [2.45, 2.75) is 39.2 Å². The Balaban J connectivity index is 2.30. The number of benzene rings is 1. The van der Waals surface area contributed by atoms with Crippen LogP contribution in [0.25, 0.3) is 10.9 Å². The smallest absolute Gasteiger partial charge is 0.258 e. The third-order valence-corrected chi connectivity index (χ3v) is 3.43. The van der Waals surface area contributed by atoms with E-state index >= 15 is 0 Å². The maximum Gasteiger partial charge on any atom is 0.258 e. The number of hydrogen-bond acceptors (Lipinski definition) is 2. The quantitative estimate of drug-likeness (QED) is 0.777. The molecule has 2 aromatic rings. The molecule has 4 nitrogen and oxygen atoms in total. The topological polar surface area (TPSA) is 62.4 Å².